The zero-order chi connectivity index (χ0) is 18.1. The van der Waals surface area contributed by atoms with Crippen LogP contribution in [0.4, 0.5) is 0 Å². The Balaban J connectivity index is 2.00. The Labute approximate surface area is 148 Å². The molecule has 1 unspecified atom stereocenters. The molecule has 0 saturated heterocycles. The van der Waals surface area contributed by atoms with Gasteiger partial charge in [-0.2, -0.15) is 0 Å². The number of amides is 1. The number of carboxylic acids is 1. The summed E-state index contributed by atoms with van der Waals surface area (Å²) in [6.07, 6.45) is 0.728. The first-order valence-corrected chi connectivity index (χ1v) is 8.33. The van der Waals surface area contributed by atoms with Crippen LogP contribution in [-0.2, 0) is 16.0 Å². The number of likely N-dealkylation sites (N-methyl/N-ethyl adjacent to an activating group) is 1. The van der Waals surface area contributed by atoms with E-state index in [-0.39, 0.29) is 24.9 Å². The second-order valence-corrected chi connectivity index (χ2v) is 6.10. The van der Waals surface area contributed by atoms with E-state index in [1.54, 1.807) is 11.9 Å². The summed E-state index contributed by atoms with van der Waals surface area (Å²) in [5.41, 5.74) is 2.20. The molecule has 2 rings (SSSR count). The average molecular weight is 340 g/mol. The fourth-order valence-electron chi connectivity index (χ4n) is 2.64. The van der Waals surface area contributed by atoms with Gasteiger partial charge < -0.3 is 10.4 Å². The molecule has 0 aliphatic carbocycles. The maximum absolute atomic E-state index is 12.4. The van der Waals surface area contributed by atoms with Crippen LogP contribution in [0.3, 0.4) is 0 Å². The maximum Gasteiger partial charge on any atom is 0.304 e. The van der Waals surface area contributed by atoms with Gasteiger partial charge in [-0.05, 0) is 24.6 Å². The van der Waals surface area contributed by atoms with E-state index < -0.39 is 5.97 Å². The second kappa shape index (κ2) is 9.59. The Kier molecular flexibility index (Phi) is 7.16. The van der Waals surface area contributed by atoms with Gasteiger partial charge in [0.2, 0.25) is 5.91 Å². The van der Waals surface area contributed by atoms with Crippen molar-refractivity contribution < 1.29 is 14.7 Å². The zero-order valence-corrected chi connectivity index (χ0v) is 14.4. The van der Waals surface area contributed by atoms with Crippen molar-refractivity contribution in [2.45, 2.75) is 18.9 Å². The molecule has 0 radical (unpaired) electrons. The minimum Gasteiger partial charge on any atom is -0.481 e. The Morgan fingerprint density at radius 2 is 1.64 bits per heavy atom. The first-order valence-electron chi connectivity index (χ1n) is 8.33. The third-order valence-electron chi connectivity index (χ3n) is 3.94. The van der Waals surface area contributed by atoms with Gasteiger partial charge in [0.15, 0.2) is 0 Å². The molecule has 0 saturated carbocycles. The largest absolute Gasteiger partial charge is 0.481 e. The summed E-state index contributed by atoms with van der Waals surface area (Å²) < 4.78 is 0. The first-order chi connectivity index (χ1) is 12.0. The molecule has 0 spiro atoms. The number of benzene rings is 2. The Hall–Kier alpha value is -2.66. The first kappa shape index (κ1) is 18.7. The van der Waals surface area contributed by atoms with Crippen LogP contribution >= 0.6 is 0 Å². The van der Waals surface area contributed by atoms with Gasteiger partial charge in [0.1, 0.15) is 0 Å². The molecule has 2 aromatic rings. The summed E-state index contributed by atoms with van der Waals surface area (Å²) in [6.45, 7) is 0.517. The molecule has 0 bridgehead atoms. The van der Waals surface area contributed by atoms with Crippen LogP contribution in [0, 0.1) is 0 Å². The summed E-state index contributed by atoms with van der Waals surface area (Å²) in [5, 5.41) is 11.8. The van der Waals surface area contributed by atoms with Gasteiger partial charge in [-0.25, -0.2) is 0 Å². The van der Waals surface area contributed by atoms with Crippen LogP contribution in [0.1, 0.15) is 23.6 Å². The second-order valence-electron chi connectivity index (χ2n) is 6.10. The van der Waals surface area contributed by atoms with Crippen molar-refractivity contribution in [3.8, 4) is 0 Å². The fraction of sp³-hybridized carbons (Fsp3) is 0.300. The summed E-state index contributed by atoms with van der Waals surface area (Å²) in [4.78, 5) is 24.7. The molecule has 132 valence electrons. The van der Waals surface area contributed by atoms with Crippen LogP contribution in [0.15, 0.2) is 60.7 Å². The molecule has 0 aliphatic heterocycles. The van der Waals surface area contributed by atoms with E-state index in [0.29, 0.717) is 13.0 Å². The number of rotatable bonds is 9. The van der Waals surface area contributed by atoms with Gasteiger partial charge in [0.05, 0.1) is 19.0 Å². The van der Waals surface area contributed by atoms with E-state index >= 15 is 0 Å². The highest BCUT2D eigenvalue weighted by molar-refractivity contribution is 5.78. The smallest absolute Gasteiger partial charge is 0.304 e. The summed E-state index contributed by atoms with van der Waals surface area (Å²) >= 11 is 0. The minimum atomic E-state index is -0.863. The van der Waals surface area contributed by atoms with Gasteiger partial charge >= 0.3 is 5.97 Å². The lowest BCUT2D eigenvalue weighted by Gasteiger charge is -2.22. The predicted octanol–water partition coefficient (Wildman–Crippen LogP) is 2.49. The van der Waals surface area contributed by atoms with Crippen molar-refractivity contribution in [3.05, 3.63) is 71.8 Å². The molecule has 5 heteroatoms. The number of aliphatic carboxylic acids is 1. The van der Waals surface area contributed by atoms with E-state index in [1.807, 2.05) is 60.7 Å². The van der Waals surface area contributed by atoms with Gasteiger partial charge in [-0.1, -0.05) is 60.7 Å². The van der Waals surface area contributed by atoms with E-state index in [9.17, 15) is 9.59 Å². The Morgan fingerprint density at radius 3 is 2.24 bits per heavy atom. The quantitative estimate of drug-likeness (QED) is 0.736. The number of hydrogen-bond acceptors (Lipinski definition) is 3. The number of carbonyl (C=O) groups excluding carboxylic acids is 1. The molecule has 1 amide bonds. The molecule has 5 nitrogen and oxygen atoms in total. The Bertz CT molecular complexity index is 674. The molecular weight excluding hydrogens is 316 g/mol. The third-order valence-corrected chi connectivity index (χ3v) is 3.94. The van der Waals surface area contributed by atoms with Gasteiger partial charge in [0, 0.05) is 6.54 Å². The number of nitrogens with one attached hydrogen (secondary N) is 1. The van der Waals surface area contributed by atoms with E-state index in [4.69, 9.17) is 5.11 Å². The van der Waals surface area contributed by atoms with Crippen LogP contribution in [-0.4, -0.2) is 42.0 Å². The third kappa shape index (κ3) is 6.77. The van der Waals surface area contributed by atoms with Crippen molar-refractivity contribution in [1.29, 1.82) is 0 Å². The van der Waals surface area contributed by atoms with Crippen molar-refractivity contribution in [2.75, 3.05) is 20.1 Å². The maximum atomic E-state index is 12.4. The summed E-state index contributed by atoms with van der Waals surface area (Å²) in [6, 6.07) is 19.8. The number of carbonyl (C=O) groups is 2. The molecule has 0 aromatic heterocycles. The van der Waals surface area contributed by atoms with Crippen LogP contribution in [0.25, 0.3) is 0 Å². The summed E-state index contributed by atoms with van der Waals surface area (Å²) in [5.74, 6) is -0.976. The van der Waals surface area contributed by atoms with Crippen LogP contribution in [0.2, 0.25) is 0 Å². The van der Waals surface area contributed by atoms with Crippen molar-refractivity contribution in [2.24, 2.45) is 0 Å². The summed E-state index contributed by atoms with van der Waals surface area (Å²) in [7, 11) is 1.75. The molecule has 25 heavy (non-hydrogen) atoms. The van der Waals surface area contributed by atoms with E-state index in [1.165, 1.54) is 0 Å². The average Bonchev–Trinajstić information content (AvgIpc) is 2.61. The topological polar surface area (TPSA) is 69.6 Å². The monoisotopic (exact) mass is 340 g/mol. The molecule has 0 heterocycles. The van der Waals surface area contributed by atoms with E-state index in [0.717, 1.165) is 11.1 Å². The SMILES string of the molecule is CN(CCC(=O)O)CC(=O)NC(Cc1ccccc1)c1ccccc1. The van der Waals surface area contributed by atoms with Crippen LogP contribution < -0.4 is 5.32 Å². The van der Waals surface area contributed by atoms with Gasteiger partial charge in [-0.3, -0.25) is 14.5 Å². The predicted molar refractivity (Wildman–Crippen MR) is 97.2 cm³/mol. The fourth-order valence-corrected chi connectivity index (χ4v) is 2.64. The highest BCUT2D eigenvalue weighted by atomic mass is 16.4. The van der Waals surface area contributed by atoms with Crippen LogP contribution in [0.5, 0.6) is 0 Å². The minimum absolute atomic E-state index is 0.0237. The van der Waals surface area contributed by atoms with Gasteiger partial charge in [0.25, 0.3) is 0 Å². The lowest BCUT2D eigenvalue weighted by Crippen LogP contribution is -2.38. The number of nitrogens with zero attached hydrogens (tertiary/aromatic N) is 1. The molecule has 0 aliphatic rings. The highest BCUT2D eigenvalue weighted by Gasteiger charge is 2.16. The van der Waals surface area contributed by atoms with Crippen molar-refractivity contribution >= 4 is 11.9 Å². The van der Waals surface area contributed by atoms with E-state index in [2.05, 4.69) is 5.32 Å². The molecular formula is C20H24N2O3. The lowest BCUT2D eigenvalue weighted by molar-refractivity contribution is -0.137. The molecule has 0 fully saturated rings. The normalized spacial score (nSPS) is 11.9. The number of carboxylic acid groups (broad SMARTS) is 1. The van der Waals surface area contributed by atoms with Crippen molar-refractivity contribution in [1.82, 2.24) is 10.2 Å². The highest BCUT2D eigenvalue weighted by Crippen LogP contribution is 2.18. The van der Waals surface area contributed by atoms with Crippen molar-refractivity contribution in [3.63, 3.8) is 0 Å². The zero-order valence-electron chi connectivity index (χ0n) is 14.4. The molecule has 1 atom stereocenters. The lowest BCUT2D eigenvalue weighted by atomic mass is 9.99. The molecule has 2 N–H and O–H groups in total. The Morgan fingerprint density at radius 1 is 1.04 bits per heavy atom. The van der Waals surface area contributed by atoms with Gasteiger partial charge in [-0.15, -0.1) is 0 Å². The molecule has 2 aromatic carbocycles. The standard InChI is InChI=1S/C20H24N2O3/c1-22(13-12-20(24)25)15-19(23)21-18(17-10-6-3-7-11-17)14-16-8-4-2-5-9-16/h2-11,18H,12-15H2,1H3,(H,21,23)(H,24,25). The number of hydrogen-bond donors (Lipinski definition) is 2.